The Kier molecular flexibility index (Phi) is 2.61. The van der Waals surface area contributed by atoms with Crippen molar-refractivity contribution in [2.45, 2.75) is 31.8 Å². The number of hydrogen-bond acceptors (Lipinski definition) is 3. The first-order chi connectivity index (χ1) is 5.24. The van der Waals surface area contributed by atoms with Crippen LogP contribution in [-0.4, -0.2) is 17.0 Å². The van der Waals surface area contributed by atoms with Gasteiger partial charge in [-0.2, -0.15) is 5.26 Å². The minimum absolute atomic E-state index is 0.110. The first kappa shape index (κ1) is 8.22. The van der Waals surface area contributed by atoms with Crippen LogP contribution in [0.5, 0.6) is 0 Å². The molecule has 3 heteroatoms. The summed E-state index contributed by atoms with van der Waals surface area (Å²) in [6.07, 6.45) is 1.25. The lowest BCUT2D eigenvalue weighted by molar-refractivity contribution is -0.124. The lowest BCUT2D eigenvalue weighted by Gasteiger charge is -2.24. The predicted octanol–water partition coefficient (Wildman–Crippen LogP) is 0.630. The molecule has 0 spiro atoms. The fourth-order valence-corrected chi connectivity index (χ4v) is 1.40. The lowest BCUT2D eigenvalue weighted by Crippen LogP contribution is -2.28. The van der Waals surface area contributed by atoms with Crippen molar-refractivity contribution in [1.29, 1.82) is 5.26 Å². The molecule has 60 valence electrons. The zero-order chi connectivity index (χ0) is 8.27. The number of rotatable bonds is 1. The molecule has 0 heterocycles. The fourth-order valence-electron chi connectivity index (χ4n) is 1.40. The summed E-state index contributed by atoms with van der Waals surface area (Å²) in [5, 5.41) is 17.7. The van der Waals surface area contributed by atoms with Crippen molar-refractivity contribution in [1.82, 2.24) is 0 Å². The molecule has 1 aliphatic carbocycles. The van der Waals surface area contributed by atoms with Gasteiger partial charge in [0, 0.05) is 25.2 Å². The molecule has 0 amide bonds. The van der Waals surface area contributed by atoms with Crippen LogP contribution in [0, 0.1) is 17.2 Å². The van der Waals surface area contributed by atoms with Crippen LogP contribution in [0.1, 0.15) is 25.7 Å². The third-order valence-electron chi connectivity index (χ3n) is 2.11. The van der Waals surface area contributed by atoms with Crippen molar-refractivity contribution in [3.05, 3.63) is 0 Å². The van der Waals surface area contributed by atoms with Crippen molar-refractivity contribution < 1.29 is 9.90 Å². The normalized spacial score (nSPS) is 31.5. The third kappa shape index (κ3) is 2.02. The van der Waals surface area contributed by atoms with Crippen LogP contribution in [0.4, 0.5) is 0 Å². The highest BCUT2D eigenvalue weighted by atomic mass is 16.3. The van der Waals surface area contributed by atoms with Gasteiger partial charge in [0.1, 0.15) is 5.78 Å². The number of aliphatic hydroxyl groups excluding tert-OH is 1. The van der Waals surface area contributed by atoms with Crippen molar-refractivity contribution in [2.24, 2.45) is 5.92 Å². The van der Waals surface area contributed by atoms with Gasteiger partial charge in [-0.25, -0.2) is 0 Å². The van der Waals surface area contributed by atoms with Gasteiger partial charge in [0.15, 0.2) is 0 Å². The Labute approximate surface area is 65.6 Å². The summed E-state index contributed by atoms with van der Waals surface area (Å²) in [6, 6.07) is 1.98. The second-order valence-electron chi connectivity index (χ2n) is 2.97. The highest BCUT2D eigenvalue weighted by Gasteiger charge is 2.27. The molecule has 2 unspecified atom stereocenters. The quantitative estimate of drug-likeness (QED) is 0.601. The largest absolute Gasteiger partial charge is 0.393 e. The van der Waals surface area contributed by atoms with Gasteiger partial charge in [-0.3, -0.25) is 4.79 Å². The Morgan fingerprint density at radius 1 is 1.73 bits per heavy atom. The fraction of sp³-hybridized carbons (Fsp3) is 0.750. The number of carbonyl (C=O) groups is 1. The standard InChI is InChI=1S/C8H11NO2/c9-4-3-6-5-7(10)1-2-8(6)11/h6,8,11H,1-3,5H2. The number of aliphatic hydroxyl groups is 1. The van der Waals surface area contributed by atoms with Crippen molar-refractivity contribution in [3.63, 3.8) is 0 Å². The van der Waals surface area contributed by atoms with Gasteiger partial charge >= 0.3 is 0 Å². The molecule has 0 saturated heterocycles. The monoisotopic (exact) mass is 153 g/mol. The van der Waals surface area contributed by atoms with E-state index in [1.807, 2.05) is 6.07 Å². The van der Waals surface area contributed by atoms with Crippen LogP contribution in [-0.2, 0) is 4.79 Å². The zero-order valence-corrected chi connectivity index (χ0v) is 6.29. The van der Waals surface area contributed by atoms with Gasteiger partial charge in [0.25, 0.3) is 0 Å². The first-order valence-corrected chi connectivity index (χ1v) is 3.80. The van der Waals surface area contributed by atoms with E-state index in [1.165, 1.54) is 0 Å². The van der Waals surface area contributed by atoms with E-state index in [0.717, 1.165) is 0 Å². The lowest BCUT2D eigenvalue weighted by atomic mass is 9.84. The van der Waals surface area contributed by atoms with E-state index < -0.39 is 6.10 Å². The predicted molar refractivity (Wildman–Crippen MR) is 38.6 cm³/mol. The average molecular weight is 153 g/mol. The van der Waals surface area contributed by atoms with Crippen LogP contribution >= 0.6 is 0 Å². The van der Waals surface area contributed by atoms with Crippen LogP contribution in [0.3, 0.4) is 0 Å². The zero-order valence-electron chi connectivity index (χ0n) is 6.29. The van der Waals surface area contributed by atoms with E-state index in [-0.39, 0.29) is 11.7 Å². The number of ketones is 1. The van der Waals surface area contributed by atoms with Crippen molar-refractivity contribution in [2.75, 3.05) is 0 Å². The molecular weight excluding hydrogens is 142 g/mol. The second kappa shape index (κ2) is 3.49. The molecule has 3 nitrogen and oxygen atoms in total. The number of carbonyl (C=O) groups excluding carboxylic acids is 1. The summed E-state index contributed by atoms with van der Waals surface area (Å²) in [7, 11) is 0. The van der Waals surface area contributed by atoms with E-state index in [0.29, 0.717) is 25.7 Å². The first-order valence-electron chi connectivity index (χ1n) is 3.80. The van der Waals surface area contributed by atoms with E-state index in [2.05, 4.69) is 0 Å². The molecule has 0 bridgehead atoms. The third-order valence-corrected chi connectivity index (χ3v) is 2.11. The van der Waals surface area contributed by atoms with Crippen molar-refractivity contribution >= 4 is 5.78 Å². The molecule has 1 fully saturated rings. The Balaban J connectivity index is 2.48. The minimum Gasteiger partial charge on any atom is -0.393 e. The number of nitriles is 1. The van der Waals surface area contributed by atoms with Gasteiger partial charge < -0.3 is 5.11 Å². The number of Topliss-reactive ketones (excluding diaryl/α,β-unsaturated/α-hetero) is 1. The molecule has 0 aliphatic heterocycles. The van der Waals surface area contributed by atoms with Crippen LogP contribution in [0.15, 0.2) is 0 Å². The van der Waals surface area contributed by atoms with Gasteiger partial charge in [0.05, 0.1) is 12.2 Å². The van der Waals surface area contributed by atoms with E-state index in [9.17, 15) is 9.90 Å². The summed E-state index contributed by atoms with van der Waals surface area (Å²) >= 11 is 0. The van der Waals surface area contributed by atoms with Crippen molar-refractivity contribution in [3.8, 4) is 6.07 Å². The summed E-state index contributed by atoms with van der Waals surface area (Å²) in [4.78, 5) is 10.9. The molecule has 1 N–H and O–H groups in total. The van der Waals surface area contributed by atoms with Gasteiger partial charge in [-0.1, -0.05) is 0 Å². The molecule has 0 aromatic heterocycles. The topological polar surface area (TPSA) is 61.1 Å². The van der Waals surface area contributed by atoms with Gasteiger partial charge in [-0.15, -0.1) is 0 Å². The number of hydrogen-bond donors (Lipinski definition) is 1. The Bertz CT molecular complexity index is 195. The summed E-state index contributed by atoms with van der Waals surface area (Å²) in [6.45, 7) is 0. The maximum atomic E-state index is 10.9. The van der Waals surface area contributed by atoms with Crippen LogP contribution in [0.2, 0.25) is 0 Å². The smallest absolute Gasteiger partial charge is 0.133 e. The molecule has 11 heavy (non-hydrogen) atoms. The van der Waals surface area contributed by atoms with Gasteiger partial charge in [0.2, 0.25) is 0 Å². The Morgan fingerprint density at radius 3 is 3.09 bits per heavy atom. The molecule has 2 atom stereocenters. The highest BCUT2D eigenvalue weighted by molar-refractivity contribution is 5.79. The second-order valence-corrected chi connectivity index (χ2v) is 2.97. The summed E-state index contributed by atoms with van der Waals surface area (Å²) in [5.41, 5.74) is 0. The molecular formula is C8H11NO2. The summed E-state index contributed by atoms with van der Waals surface area (Å²) < 4.78 is 0. The van der Waals surface area contributed by atoms with E-state index in [1.54, 1.807) is 0 Å². The molecule has 0 aromatic carbocycles. The SMILES string of the molecule is N#CCC1CC(=O)CCC1O. The minimum atomic E-state index is -0.438. The maximum Gasteiger partial charge on any atom is 0.133 e. The molecule has 0 radical (unpaired) electrons. The molecule has 1 aliphatic rings. The molecule has 1 saturated carbocycles. The van der Waals surface area contributed by atoms with Gasteiger partial charge in [-0.05, 0) is 6.42 Å². The molecule has 0 aromatic rings. The Morgan fingerprint density at radius 2 is 2.45 bits per heavy atom. The average Bonchev–Trinajstić information content (AvgIpc) is 1.98. The van der Waals surface area contributed by atoms with E-state index >= 15 is 0 Å². The van der Waals surface area contributed by atoms with Crippen LogP contribution in [0.25, 0.3) is 0 Å². The van der Waals surface area contributed by atoms with Crippen LogP contribution < -0.4 is 0 Å². The number of nitrogens with zero attached hydrogens (tertiary/aromatic N) is 1. The summed E-state index contributed by atoms with van der Waals surface area (Å²) in [5.74, 6) is 0.0665. The maximum absolute atomic E-state index is 10.9. The molecule has 1 rings (SSSR count). The Hall–Kier alpha value is -0.880. The highest BCUT2D eigenvalue weighted by Crippen LogP contribution is 2.24. The van der Waals surface area contributed by atoms with E-state index in [4.69, 9.17) is 5.26 Å².